The van der Waals surface area contributed by atoms with Crippen LogP contribution in [0.4, 0.5) is 22.7 Å². The lowest BCUT2D eigenvalue weighted by molar-refractivity contribution is 0.820. The summed E-state index contributed by atoms with van der Waals surface area (Å²) in [6.45, 7) is 5.00. The Balaban J connectivity index is 1.99. The van der Waals surface area contributed by atoms with Crippen LogP contribution in [0.25, 0.3) is 0 Å². The highest BCUT2D eigenvalue weighted by Crippen LogP contribution is 2.36. The number of hydrogen-bond donors (Lipinski definition) is 1. The van der Waals surface area contributed by atoms with Crippen LogP contribution in [0, 0.1) is 0 Å². The zero-order valence-electron chi connectivity index (χ0n) is 12.0. The number of likely N-dealkylation sites (N-methyl/N-ethyl adjacent to an activating group) is 1. The molecule has 1 aliphatic heterocycles. The number of anilines is 4. The van der Waals surface area contributed by atoms with Crippen molar-refractivity contribution in [2.75, 3.05) is 41.8 Å². The minimum atomic E-state index is 0.907. The second kappa shape index (κ2) is 5.41. The maximum Gasteiger partial charge on any atom is 0.0649 e. The van der Waals surface area contributed by atoms with E-state index in [2.05, 4.69) is 64.4 Å². The molecule has 0 saturated heterocycles. The van der Waals surface area contributed by atoms with E-state index in [1.165, 1.54) is 11.4 Å². The van der Waals surface area contributed by atoms with Gasteiger partial charge in [-0.1, -0.05) is 12.1 Å². The molecule has 0 unspecified atom stereocenters. The van der Waals surface area contributed by atoms with Crippen molar-refractivity contribution < 1.29 is 0 Å². The molecule has 20 heavy (non-hydrogen) atoms. The van der Waals surface area contributed by atoms with Crippen molar-refractivity contribution in [1.29, 1.82) is 0 Å². The molecule has 4 nitrogen and oxygen atoms in total. The van der Waals surface area contributed by atoms with Crippen LogP contribution in [-0.4, -0.2) is 31.7 Å². The van der Waals surface area contributed by atoms with E-state index in [0.29, 0.717) is 0 Å². The Morgan fingerprint density at radius 2 is 1.95 bits per heavy atom. The van der Waals surface area contributed by atoms with E-state index in [1.807, 2.05) is 12.4 Å². The molecule has 104 valence electrons. The number of rotatable bonds is 3. The van der Waals surface area contributed by atoms with E-state index in [-0.39, 0.29) is 0 Å². The van der Waals surface area contributed by atoms with Gasteiger partial charge in [0, 0.05) is 26.7 Å². The number of hydrogen-bond acceptors (Lipinski definition) is 4. The largest absolute Gasteiger partial charge is 0.384 e. The van der Waals surface area contributed by atoms with Crippen LogP contribution in [0.5, 0.6) is 0 Å². The van der Waals surface area contributed by atoms with E-state index in [9.17, 15) is 0 Å². The summed E-state index contributed by atoms with van der Waals surface area (Å²) in [6, 6.07) is 10.7. The van der Waals surface area contributed by atoms with Gasteiger partial charge in [0.25, 0.3) is 0 Å². The van der Waals surface area contributed by atoms with Crippen molar-refractivity contribution >= 4 is 22.7 Å². The van der Waals surface area contributed by atoms with Gasteiger partial charge in [-0.2, -0.15) is 0 Å². The van der Waals surface area contributed by atoms with Crippen LogP contribution in [0.2, 0.25) is 0 Å². The molecule has 0 saturated carbocycles. The molecule has 4 heteroatoms. The quantitative estimate of drug-likeness (QED) is 0.927. The second-order valence-corrected chi connectivity index (χ2v) is 5.02. The van der Waals surface area contributed by atoms with Gasteiger partial charge in [0.15, 0.2) is 0 Å². The van der Waals surface area contributed by atoms with Crippen LogP contribution in [-0.2, 0) is 0 Å². The first-order valence-corrected chi connectivity index (χ1v) is 7.06. The van der Waals surface area contributed by atoms with Gasteiger partial charge >= 0.3 is 0 Å². The molecule has 1 aliphatic rings. The molecule has 0 fully saturated rings. The number of benzene rings is 1. The molecule has 1 aromatic carbocycles. The Morgan fingerprint density at radius 3 is 2.75 bits per heavy atom. The lowest BCUT2D eigenvalue weighted by Gasteiger charge is -2.36. The van der Waals surface area contributed by atoms with Gasteiger partial charge in [-0.25, -0.2) is 0 Å². The number of para-hydroxylation sites is 2. The Labute approximate surface area is 120 Å². The van der Waals surface area contributed by atoms with E-state index < -0.39 is 0 Å². The Morgan fingerprint density at radius 1 is 1.15 bits per heavy atom. The molecule has 0 bridgehead atoms. The number of pyridine rings is 1. The van der Waals surface area contributed by atoms with Gasteiger partial charge in [0.1, 0.15) is 0 Å². The first-order valence-electron chi connectivity index (χ1n) is 7.06. The summed E-state index contributed by atoms with van der Waals surface area (Å²) < 4.78 is 0. The van der Waals surface area contributed by atoms with E-state index in [1.54, 1.807) is 0 Å². The summed E-state index contributed by atoms with van der Waals surface area (Å²) in [7, 11) is 2.14. The molecule has 2 aromatic rings. The van der Waals surface area contributed by atoms with Crippen LogP contribution in [0.1, 0.15) is 6.92 Å². The SMILES string of the molecule is CCNc1cncc(N2CCN(C)c3ccccc32)c1. The van der Waals surface area contributed by atoms with Crippen molar-refractivity contribution in [3.8, 4) is 0 Å². The molecule has 0 spiro atoms. The number of nitrogens with zero attached hydrogens (tertiary/aromatic N) is 3. The third-order valence-corrected chi connectivity index (χ3v) is 3.66. The fourth-order valence-corrected chi connectivity index (χ4v) is 2.65. The summed E-state index contributed by atoms with van der Waals surface area (Å²) in [4.78, 5) is 8.99. The third kappa shape index (κ3) is 2.29. The van der Waals surface area contributed by atoms with Crippen molar-refractivity contribution in [3.63, 3.8) is 0 Å². The maximum atomic E-state index is 4.35. The third-order valence-electron chi connectivity index (χ3n) is 3.66. The topological polar surface area (TPSA) is 31.4 Å². The molecule has 0 amide bonds. The molecule has 1 N–H and O–H groups in total. The number of aromatic nitrogens is 1. The fourth-order valence-electron chi connectivity index (χ4n) is 2.65. The van der Waals surface area contributed by atoms with Crippen LogP contribution >= 0.6 is 0 Å². The van der Waals surface area contributed by atoms with Crippen LogP contribution in [0.15, 0.2) is 42.7 Å². The summed E-state index contributed by atoms with van der Waals surface area (Å²) in [5.41, 5.74) is 4.73. The van der Waals surface area contributed by atoms with Gasteiger partial charge in [0.05, 0.1) is 35.1 Å². The molecular formula is C16H20N4. The Kier molecular flexibility index (Phi) is 3.46. The maximum absolute atomic E-state index is 4.35. The fraction of sp³-hybridized carbons (Fsp3) is 0.312. The predicted molar refractivity (Wildman–Crippen MR) is 85.1 cm³/mol. The van der Waals surface area contributed by atoms with Crippen molar-refractivity contribution in [2.45, 2.75) is 6.92 Å². The Bertz CT molecular complexity index is 597. The molecular weight excluding hydrogens is 248 g/mol. The summed E-state index contributed by atoms with van der Waals surface area (Å²) >= 11 is 0. The van der Waals surface area contributed by atoms with Crippen molar-refractivity contribution in [3.05, 3.63) is 42.7 Å². The average Bonchev–Trinajstić information content (AvgIpc) is 2.49. The number of fused-ring (bicyclic) bond motifs is 1. The minimum absolute atomic E-state index is 0.907. The van der Waals surface area contributed by atoms with Gasteiger partial charge in [0.2, 0.25) is 0 Å². The first-order chi connectivity index (χ1) is 9.79. The van der Waals surface area contributed by atoms with E-state index in [4.69, 9.17) is 0 Å². The normalized spacial score (nSPS) is 14.1. The Hall–Kier alpha value is -2.23. The summed E-state index contributed by atoms with van der Waals surface area (Å²) in [5.74, 6) is 0. The van der Waals surface area contributed by atoms with Crippen molar-refractivity contribution in [2.24, 2.45) is 0 Å². The minimum Gasteiger partial charge on any atom is -0.384 e. The van der Waals surface area contributed by atoms with E-state index >= 15 is 0 Å². The number of nitrogens with one attached hydrogen (secondary N) is 1. The van der Waals surface area contributed by atoms with Gasteiger partial charge in [-0.05, 0) is 25.1 Å². The van der Waals surface area contributed by atoms with Gasteiger partial charge in [-0.15, -0.1) is 0 Å². The van der Waals surface area contributed by atoms with E-state index in [0.717, 1.165) is 31.0 Å². The molecule has 0 atom stereocenters. The highest BCUT2D eigenvalue weighted by atomic mass is 15.3. The van der Waals surface area contributed by atoms with Gasteiger partial charge < -0.3 is 15.1 Å². The second-order valence-electron chi connectivity index (χ2n) is 5.02. The lowest BCUT2D eigenvalue weighted by Crippen LogP contribution is -2.36. The zero-order chi connectivity index (χ0) is 13.9. The molecule has 1 aromatic heterocycles. The molecule has 0 aliphatic carbocycles. The monoisotopic (exact) mass is 268 g/mol. The first kappa shape index (κ1) is 12.8. The lowest BCUT2D eigenvalue weighted by atomic mass is 10.1. The molecule has 3 rings (SSSR count). The van der Waals surface area contributed by atoms with Gasteiger partial charge in [-0.3, -0.25) is 4.98 Å². The van der Waals surface area contributed by atoms with Crippen LogP contribution in [0.3, 0.4) is 0 Å². The zero-order valence-corrected chi connectivity index (χ0v) is 12.0. The molecule has 0 radical (unpaired) electrons. The smallest absolute Gasteiger partial charge is 0.0649 e. The highest BCUT2D eigenvalue weighted by Gasteiger charge is 2.21. The summed E-state index contributed by atoms with van der Waals surface area (Å²) in [5, 5.41) is 3.32. The predicted octanol–water partition coefficient (Wildman–Crippen LogP) is 3.10. The van der Waals surface area contributed by atoms with Crippen LogP contribution < -0.4 is 15.1 Å². The highest BCUT2D eigenvalue weighted by molar-refractivity contribution is 5.79. The summed E-state index contributed by atoms with van der Waals surface area (Å²) in [6.07, 6.45) is 3.80. The average molecular weight is 268 g/mol. The molecule has 2 heterocycles. The standard InChI is InChI=1S/C16H20N4/c1-3-18-13-10-14(12-17-11-13)20-9-8-19(2)15-6-4-5-7-16(15)20/h4-7,10-12,18H,3,8-9H2,1-2H3. The van der Waals surface area contributed by atoms with Crippen molar-refractivity contribution in [1.82, 2.24) is 4.98 Å².